The lowest BCUT2D eigenvalue weighted by Crippen LogP contribution is -2.25. The molecular weight excluding hydrogens is 518 g/mol. The quantitative estimate of drug-likeness (QED) is 0.202. The van der Waals surface area contributed by atoms with Crippen LogP contribution in [0.3, 0.4) is 0 Å². The van der Waals surface area contributed by atoms with Gasteiger partial charge in [0.2, 0.25) is 0 Å². The van der Waals surface area contributed by atoms with Crippen molar-refractivity contribution in [2.24, 2.45) is 17.8 Å². The third kappa shape index (κ3) is 7.85. The standard InChI is InChI=1S/C31H38F6O2/c1-2-3-4-5-20-6-8-21(9-7-20)22-10-12-23(13-11-22)24-14-16-25(17-15-24)31(36,37)39-26-18-27(32)29(28(33)19-26)38-30(34)35/h14-23,30H,2-13H2,1H3/t20-,21-,22?,23?. The lowest BCUT2D eigenvalue weighted by molar-refractivity contribution is -0.185. The summed E-state index contributed by atoms with van der Waals surface area (Å²) in [5.41, 5.74) is 0.530. The highest BCUT2D eigenvalue weighted by atomic mass is 19.3. The fraction of sp³-hybridized carbons (Fsp3) is 0.613. The van der Waals surface area contributed by atoms with Crippen molar-refractivity contribution < 1.29 is 35.8 Å². The molecule has 0 heterocycles. The first-order valence-corrected chi connectivity index (χ1v) is 14.3. The minimum absolute atomic E-state index is 0.320. The van der Waals surface area contributed by atoms with Gasteiger partial charge in [0.15, 0.2) is 17.4 Å². The van der Waals surface area contributed by atoms with E-state index in [1.54, 1.807) is 12.1 Å². The Bertz CT molecular complexity index is 1020. The number of unbranched alkanes of at least 4 members (excludes halogenated alkanes) is 2. The fourth-order valence-electron chi connectivity index (χ4n) is 6.51. The summed E-state index contributed by atoms with van der Waals surface area (Å²) in [6.45, 7) is -1.21. The van der Waals surface area contributed by atoms with Crippen LogP contribution in [0.5, 0.6) is 11.5 Å². The molecule has 0 amide bonds. The smallest absolute Gasteiger partial charge is 0.426 e. The molecule has 8 heteroatoms. The molecule has 2 saturated carbocycles. The average molecular weight is 557 g/mol. The van der Waals surface area contributed by atoms with Crippen LogP contribution in [0.15, 0.2) is 36.4 Å². The molecule has 39 heavy (non-hydrogen) atoms. The summed E-state index contributed by atoms with van der Waals surface area (Å²) < 4.78 is 90.2. The lowest BCUT2D eigenvalue weighted by Gasteiger charge is -2.38. The van der Waals surface area contributed by atoms with Crippen LogP contribution in [0.25, 0.3) is 0 Å². The summed E-state index contributed by atoms with van der Waals surface area (Å²) in [4.78, 5) is 0. The second-order valence-electron chi connectivity index (χ2n) is 11.2. The molecule has 2 aliphatic carbocycles. The van der Waals surface area contributed by atoms with E-state index in [2.05, 4.69) is 16.4 Å². The first-order chi connectivity index (χ1) is 18.7. The van der Waals surface area contributed by atoms with Gasteiger partial charge < -0.3 is 9.47 Å². The minimum atomic E-state index is -3.88. The summed E-state index contributed by atoms with van der Waals surface area (Å²) in [5, 5.41) is 0. The molecule has 216 valence electrons. The van der Waals surface area contributed by atoms with Crippen LogP contribution in [-0.2, 0) is 6.11 Å². The highest BCUT2D eigenvalue weighted by molar-refractivity contribution is 5.36. The largest absolute Gasteiger partial charge is 0.429 e. The van der Waals surface area contributed by atoms with E-state index in [9.17, 15) is 26.3 Å². The molecule has 2 aliphatic rings. The average Bonchev–Trinajstić information content (AvgIpc) is 2.91. The molecule has 0 radical (unpaired) electrons. The highest BCUT2D eigenvalue weighted by Crippen LogP contribution is 2.45. The predicted octanol–water partition coefficient (Wildman–Crippen LogP) is 10.4. The van der Waals surface area contributed by atoms with Crippen molar-refractivity contribution in [3.63, 3.8) is 0 Å². The molecule has 0 N–H and O–H groups in total. The third-order valence-corrected chi connectivity index (χ3v) is 8.69. The third-order valence-electron chi connectivity index (χ3n) is 8.69. The van der Waals surface area contributed by atoms with Crippen molar-refractivity contribution in [2.45, 2.75) is 103 Å². The van der Waals surface area contributed by atoms with Crippen LogP contribution in [0.4, 0.5) is 26.3 Å². The van der Waals surface area contributed by atoms with E-state index in [4.69, 9.17) is 0 Å². The van der Waals surface area contributed by atoms with Gasteiger partial charge in [0.1, 0.15) is 5.75 Å². The Morgan fingerprint density at radius 1 is 0.821 bits per heavy atom. The SMILES string of the molecule is CCCCC[C@H]1CC[C@H](C2CCC(c3ccc(C(F)(F)Oc4cc(F)c(OC(F)F)c(F)c4)cc3)CC2)CC1. The summed E-state index contributed by atoms with van der Waals surface area (Å²) >= 11 is 0. The van der Waals surface area contributed by atoms with Gasteiger partial charge in [-0.1, -0.05) is 57.6 Å². The van der Waals surface area contributed by atoms with Crippen molar-refractivity contribution in [2.75, 3.05) is 0 Å². The molecule has 2 aromatic carbocycles. The number of halogens is 6. The zero-order chi connectivity index (χ0) is 28.0. The van der Waals surface area contributed by atoms with Gasteiger partial charge in [0, 0.05) is 12.1 Å². The predicted molar refractivity (Wildman–Crippen MR) is 138 cm³/mol. The van der Waals surface area contributed by atoms with Crippen LogP contribution >= 0.6 is 0 Å². The van der Waals surface area contributed by atoms with E-state index in [-0.39, 0.29) is 0 Å². The Hall–Kier alpha value is -2.38. The van der Waals surface area contributed by atoms with Gasteiger partial charge in [0.25, 0.3) is 0 Å². The van der Waals surface area contributed by atoms with E-state index in [1.807, 2.05) is 0 Å². The highest BCUT2D eigenvalue weighted by Gasteiger charge is 2.36. The van der Waals surface area contributed by atoms with Crippen molar-refractivity contribution in [1.29, 1.82) is 0 Å². The van der Waals surface area contributed by atoms with Gasteiger partial charge in [-0.25, -0.2) is 8.78 Å². The van der Waals surface area contributed by atoms with Crippen molar-refractivity contribution in [3.05, 3.63) is 59.2 Å². The summed E-state index contributed by atoms with van der Waals surface area (Å²) in [6.07, 6.45) is 11.3. The molecule has 4 rings (SSSR count). The van der Waals surface area contributed by atoms with Crippen LogP contribution in [0, 0.1) is 29.4 Å². The fourth-order valence-corrected chi connectivity index (χ4v) is 6.51. The molecule has 2 nitrogen and oxygen atoms in total. The number of hydrogen-bond donors (Lipinski definition) is 0. The number of rotatable bonds is 11. The van der Waals surface area contributed by atoms with Crippen LogP contribution in [0.1, 0.15) is 101 Å². The molecule has 2 fully saturated rings. The van der Waals surface area contributed by atoms with E-state index >= 15 is 0 Å². The topological polar surface area (TPSA) is 18.5 Å². The Morgan fingerprint density at radius 2 is 1.38 bits per heavy atom. The van der Waals surface area contributed by atoms with E-state index in [0.717, 1.165) is 36.2 Å². The first kappa shape index (κ1) is 29.6. The molecular formula is C31H38F6O2. The van der Waals surface area contributed by atoms with Gasteiger partial charge in [-0.05, 0) is 79.9 Å². The van der Waals surface area contributed by atoms with Crippen LogP contribution < -0.4 is 9.47 Å². The second-order valence-corrected chi connectivity index (χ2v) is 11.2. The molecule has 0 atom stereocenters. The Kier molecular flexibility index (Phi) is 10.1. The van der Waals surface area contributed by atoms with Crippen molar-refractivity contribution in [1.82, 2.24) is 0 Å². The summed E-state index contributed by atoms with van der Waals surface area (Å²) in [6, 6.07) is 6.64. The van der Waals surface area contributed by atoms with Gasteiger partial charge in [-0.3, -0.25) is 0 Å². The molecule has 0 aliphatic heterocycles. The van der Waals surface area contributed by atoms with E-state index < -0.39 is 41.4 Å². The zero-order valence-corrected chi connectivity index (χ0v) is 22.4. The number of benzene rings is 2. The molecule has 0 saturated heterocycles. The Balaban J connectivity index is 1.29. The maximum Gasteiger partial charge on any atom is 0.426 e. The molecule has 0 aromatic heterocycles. The van der Waals surface area contributed by atoms with Gasteiger partial charge in [-0.2, -0.15) is 17.6 Å². The molecule has 0 unspecified atom stereocenters. The maximum atomic E-state index is 14.7. The van der Waals surface area contributed by atoms with Crippen LogP contribution in [-0.4, -0.2) is 6.61 Å². The Morgan fingerprint density at radius 3 is 1.92 bits per heavy atom. The summed E-state index contributed by atoms with van der Waals surface area (Å²) in [7, 11) is 0. The minimum Gasteiger partial charge on any atom is -0.429 e. The number of alkyl halides is 4. The summed E-state index contributed by atoms with van der Waals surface area (Å²) in [5.74, 6) is -2.52. The van der Waals surface area contributed by atoms with Crippen molar-refractivity contribution >= 4 is 0 Å². The number of ether oxygens (including phenoxy) is 2. The zero-order valence-electron chi connectivity index (χ0n) is 22.4. The molecule has 0 bridgehead atoms. The second kappa shape index (κ2) is 13.3. The van der Waals surface area contributed by atoms with Gasteiger partial charge in [0.05, 0.1) is 5.56 Å². The maximum absolute atomic E-state index is 14.7. The molecule has 2 aromatic rings. The lowest BCUT2D eigenvalue weighted by atomic mass is 9.68. The van der Waals surface area contributed by atoms with E-state index in [0.29, 0.717) is 18.1 Å². The number of hydrogen-bond acceptors (Lipinski definition) is 2. The van der Waals surface area contributed by atoms with Crippen molar-refractivity contribution in [3.8, 4) is 11.5 Å². The van der Waals surface area contributed by atoms with E-state index in [1.165, 1.54) is 76.3 Å². The van der Waals surface area contributed by atoms with Gasteiger partial charge in [-0.15, -0.1) is 0 Å². The Labute approximate surface area is 227 Å². The monoisotopic (exact) mass is 556 g/mol. The molecule has 0 spiro atoms. The first-order valence-electron chi connectivity index (χ1n) is 14.3. The van der Waals surface area contributed by atoms with Crippen LogP contribution in [0.2, 0.25) is 0 Å². The normalized spacial score (nSPS) is 24.1. The van der Waals surface area contributed by atoms with Gasteiger partial charge >= 0.3 is 12.7 Å².